The highest BCUT2D eigenvalue weighted by atomic mass is 19.1. The van der Waals surface area contributed by atoms with E-state index >= 15 is 0 Å². The average Bonchev–Trinajstić information content (AvgIpc) is 3.38. The number of anilines is 2. The number of aliphatic hydroxyl groups excluding tert-OH is 1. The van der Waals surface area contributed by atoms with Gasteiger partial charge >= 0.3 is 0 Å². The average molecular weight is 388 g/mol. The molecule has 3 fully saturated rings. The summed E-state index contributed by atoms with van der Waals surface area (Å²) in [7, 11) is 0. The molecule has 8 nitrogen and oxygen atoms in total. The fourth-order valence-electron chi connectivity index (χ4n) is 4.86. The number of imidazole rings is 1. The van der Waals surface area contributed by atoms with Gasteiger partial charge in [-0.05, 0) is 24.7 Å². The van der Waals surface area contributed by atoms with E-state index in [9.17, 15) is 9.50 Å². The van der Waals surface area contributed by atoms with Crippen molar-refractivity contribution in [3.63, 3.8) is 0 Å². The summed E-state index contributed by atoms with van der Waals surface area (Å²) in [5.74, 6) is 1.40. The Morgan fingerprint density at radius 3 is 2.64 bits per heavy atom. The Bertz CT molecular complexity index is 813. The van der Waals surface area contributed by atoms with Crippen molar-refractivity contribution < 1.29 is 14.2 Å². The van der Waals surface area contributed by atoms with Gasteiger partial charge in [0.05, 0.1) is 37.9 Å². The normalized spacial score (nSPS) is 30.5. The fraction of sp³-hybridized carbons (Fsp3) is 0.632. The zero-order chi connectivity index (χ0) is 19.1. The quantitative estimate of drug-likeness (QED) is 0.843. The maximum Gasteiger partial charge on any atom is 0.227 e. The van der Waals surface area contributed by atoms with Gasteiger partial charge in [0.2, 0.25) is 5.95 Å². The fourth-order valence-corrected chi connectivity index (χ4v) is 4.86. The minimum atomic E-state index is -0.391. The highest BCUT2D eigenvalue weighted by Crippen LogP contribution is 2.42. The first-order chi connectivity index (χ1) is 13.7. The summed E-state index contributed by atoms with van der Waals surface area (Å²) >= 11 is 0. The van der Waals surface area contributed by atoms with E-state index in [1.54, 1.807) is 12.5 Å². The number of halogens is 1. The van der Waals surface area contributed by atoms with Crippen LogP contribution in [0.15, 0.2) is 24.9 Å². The molecule has 5 rings (SSSR count). The first-order valence-corrected chi connectivity index (χ1v) is 9.94. The van der Waals surface area contributed by atoms with Crippen molar-refractivity contribution in [3.05, 3.63) is 30.7 Å². The molecule has 0 unspecified atom stereocenters. The van der Waals surface area contributed by atoms with Gasteiger partial charge in [-0.15, -0.1) is 0 Å². The zero-order valence-electron chi connectivity index (χ0n) is 15.7. The van der Waals surface area contributed by atoms with E-state index in [4.69, 9.17) is 4.74 Å². The Kier molecular flexibility index (Phi) is 4.64. The van der Waals surface area contributed by atoms with Crippen LogP contribution in [-0.4, -0.2) is 70.1 Å². The Morgan fingerprint density at radius 2 is 1.89 bits per heavy atom. The summed E-state index contributed by atoms with van der Waals surface area (Å²) in [5, 5.41) is 10.6. The van der Waals surface area contributed by atoms with Gasteiger partial charge in [0.1, 0.15) is 0 Å². The van der Waals surface area contributed by atoms with Crippen molar-refractivity contribution in [1.29, 1.82) is 0 Å². The molecule has 3 aliphatic rings. The van der Waals surface area contributed by atoms with E-state index in [2.05, 4.69) is 19.9 Å². The third-order valence-electron chi connectivity index (χ3n) is 6.32. The first kappa shape index (κ1) is 17.8. The van der Waals surface area contributed by atoms with Gasteiger partial charge in [0.25, 0.3) is 0 Å². The van der Waals surface area contributed by atoms with E-state index in [-0.39, 0.29) is 12.1 Å². The highest BCUT2D eigenvalue weighted by molar-refractivity contribution is 5.46. The van der Waals surface area contributed by atoms with Crippen LogP contribution in [0.2, 0.25) is 0 Å². The second kappa shape index (κ2) is 7.29. The second-order valence-corrected chi connectivity index (χ2v) is 7.98. The van der Waals surface area contributed by atoms with Crippen LogP contribution in [0.25, 0.3) is 0 Å². The van der Waals surface area contributed by atoms with Crippen molar-refractivity contribution in [2.75, 3.05) is 49.2 Å². The SMILES string of the molecule is O[C@@H]1C[C@H]2CN(c3ncc(F)c(N4CCOCC4)n3)C[C@H]2C[C@H]1n1ccnc1. The maximum atomic E-state index is 14.3. The molecule has 2 aliphatic heterocycles. The number of morpholine rings is 1. The van der Waals surface area contributed by atoms with Crippen LogP contribution < -0.4 is 9.80 Å². The van der Waals surface area contributed by atoms with Crippen molar-refractivity contribution in [2.45, 2.75) is 25.0 Å². The van der Waals surface area contributed by atoms with Crippen molar-refractivity contribution in [1.82, 2.24) is 19.5 Å². The molecule has 0 aromatic carbocycles. The van der Waals surface area contributed by atoms with Crippen LogP contribution in [0.5, 0.6) is 0 Å². The van der Waals surface area contributed by atoms with Crippen molar-refractivity contribution in [2.24, 2.45) is 11.8 Å². The molecular weight excluding hydrogens is 363 g/mol. The number of rotatable bonds is 3. The van der Waals surface area contributed by atoms with Crippen molar-refractivity contribution in [3.8, 4) is 0 Å². The van der Waals surface area contributed by atoms with Crippen LogP contribution >= 0.6 is 0 Å². The molecule has 4 heterocycles. The lowest BCUT2D eigenvalue weighted by Crippen LogP contribution is -2.37. The molecule has 9 heteroatoms. The second-order valence-electron chi connectivity index (χ2n) is 7.98. The summed E-state index contributed by atoms with van der Waals surface area (Å²) < 4.78 is 21.7. The number of nitrogens with zero attached hydrogens (tertiary/aromatic N) is 6. The van der Waals surface area contributed by atoms with E-state index < -0.39 is 5.82 Å². The highest BCUT2D eigenvalue weighted by Gasteiger charge is 2.43. The number of hydrogen-bond acceptors (Lipinski definition) is 7. The van der Waals surface area contributed by atoms with Gasteiger partial charge in [-0.25, -0.2) is 14.4 Å². The summed E-state index contributed by atoms with van der Waals surface area (Å²) in [4.78, 5) is 17.0. The molecule has 1 saturated carbocycles. The number of fused-ring (bicyclic) bond motifs is 1. The molecule has 28 heavy (non-hydrogen) atoms. The summed E-state index contributed by atoms with van der Waals surface area (Å²) in [6.07, 6.45) is 7.99. The van der Waals surface area contributed by atoms with E-state index in [0.717, 1.165) is 25.9 Å². The monoisotopic (exact) mass is 388 g/mol. The molecule has 1 aliphatic carbocycles. The van der Waals surface area contributed by atoms with Crippen LogP contribution in [0, 0.1) is 17.7 Å². The molecule has 0 spiro atoms. The predicted molar refractivity (Wildman–Crippen MR) is 101 cm³/mol. The molecule has 150 valence electrons. The van der Waals surface area contributed by atoms with E-state index in [1.165, 1.54) is 6.20 Å². The minimum absolute atomic E-state index is 0.0572. The van der Waals surface area contributed by atoms with Gasteiger partial charge in [0, 0.05) is 38.6 Å². The lowest BCUT2D eigenvalue weighted by Gasteiger charge is -2.35. The number of ether oxygens (including phenoxy) is 1. The largest absolute Gasteiger partial charge is 0.391 e. The van der Waals surface area contributed by atoms with Gasteiger partial charge in [-0.2, -0.15) is 4.98 Å². The molecule has 0 radical (unpaired) electrons. The Morgan fingerprint density at radius 1 is 1.11 bits per heavy atom. The third-order valence-corrected chi connectivity index (χ3v) is 6.32. The van der Waals surface area contributed by atoms with Crippen LogP contribution in [-0.2, 0) is 4.74 Å². The molecule has 2 aromatic heterocycles. The minimum Gasteiger partial charge on any atom is -0.391 e. The predicted octanol–water partition coefficient (Wildman–Crippen LogP) is 1.10. The molecule has 2 aromatic rings. The molecule has 0 amide bonds. The summed E-state index contributed by atoms with van der Waals surface area (Å²) in [6, 6.07) is 0.0572. The van der Waals surface area contributed by atoms with Crippen LogP contribution in [0.4, 0.5) is 16.2 Å². The lowest BCUT2D eigenvalue weighted by molar-refractivity contribution is 0.0358. The Labute approximate surface area is 163 Å². The number of hydrogen-bond donors (Lipinski definition) is 1. The summed E-state index contributed by atoms with van der Waals surface area (Å²) in [5.41, 5.74) is 0. The molecular formula is C19H25FN6O2. The van der Waals surface area contributed by atoms with Crippen LogP contribution in [0.3, 0.4) is 0 Å². The summed E-state index contributed by atoms with van der Waals surface area (Å²) in [6.45, 7) is 4.07. The molecule has 4 atom stereocenters. The Hall–Kier alpha value is -2.26. The molecule has 2 saturated heterocycles. The number of aliphatic hydroxyl groups is 1. The smallest absolute Gasteiger partial charge is 0.227 e. The number of aromatic nitrogens is 4. The van der Waals surface area contributed by atoms with E-state index in [1.807, 2.05) is 15.7 Å². The van der Waals surface area contributed by atoms with Crippen molar-refractivity contribution >= 4 is 11.8 Å². The first-order valence-electron chi connectivity index (χ1n) is 9.94. The zero-order valence-corrected chi connectivity index (χ0v) is 15.7. The third kappa shape index (κ3) is 3.22. The Balaban J connectivity index is 1.33. The van der Waals surface area contributed by atoms with E-state index in [0.29, 0.717) is 49.9 Å². The van der Waals surface area contributed by atoms with Gasteiger partial charge in [-0.1, -0.05) is 0 Å². The van der Waals surface area contributed by atoms with Gasteiger partial charge < -0.3 is 24.2 Å². The molecule has 1 N–H and O–H groups in total. The lowest BCUT2D eigenvalue weighted by atomic mass is 9.77. The van der Waals surface area contributed by atoms with Crippen LogP contribution in [0.1, 0.15) is 18.9 Å². The van der Waals surface area contributed by atoms with Gasteiger partial charge in [-0.3, -0.25) is 0 Å². The topological polar surface area (TPSA) is 79.5 Å². The van der Waals surface area contributed by atoms with Gasteiger partial charge in [0.15, 0.2) is 11.6 Å². The molecule has 0 bridgehead atoms. The maximum absolute atomic E-state index is 14.3. The standard InChI is InChI=1S/C19H25FN6O2/c20-15-9-22-19(23-18(15)24-3-5-28-6-4-24)26-10-13-7-16(25-2-1-21-12-25)17(27)8-14(13)11-26/h1-2,9,12-14,16-17,27H,3-8,10-11H2/t13-,14+,16-,17-/m1/s1.